The van der Waals surface area contributed by atoms with Gasteiger partial charge in [0.05, 0.1) is 18.6 Å². The molecular formula is C29H33F3O4. The van der Waals surface area contributed by atoms with Crippen LogP contribution in [0.2, 0.25) is 0 Å². The Morgan fingerprint density at radius 2 is 1.47 bits per heavy atom. The number of carbonyl (C=O) groups is 1. The number of hydrogen-bond acceptors (Lipinski definition) is 4. The number of halogens is 3. The standard InChI is InChI=1S/C29H33F3O4/c1-16(33)17-2-4-18(5-3-17)22-11-12-23(28(32)27(22)31)19-6-8-20(9-7-19)29(34)36-25-13-10-21(14-24(25)30)26-15-35-26/h10-14,16-20,26,33H,2-9,15H2,1H3. The molecule has 1 N–H and O–H groups in total. The maximum Gasteiger partial charge on any atom is 0.314 e. The summed E-state index contributed by atoms with van der Waals surface area (Å²) in [6, 6.07) is 7.91. The highest BCUT2D eigenvalue weighted by atomic mass is 19.2. The summed E-state index contributed by atoms with van der Waals surface area (Å²) in [6.45, 7) is 2.36. The van der Waals surface area contributed by atoms with Crippen LogP contribution in [0.3, 0.4) is 0 Å². The van der Waals surface area contributed by atoms with E-state index in [0.717, 1.165) is 31.2 Å². The van der Waals surface area contributed by atoms with E-state index in [0.29, 0.717) is 43.4 Å². The number of benzene rings is 2. The van der Waals surface area contributed by atoms with Crippen molar-refractivity contribution in [3.63, 3.8) is 0 Å². The first-order chi connectivity index (χ1) is 17.3. The first-order valence-corrected chi connectivity index (χ1v) is 13.1. The maximum absolute atomic E-state index is 15.1. The van der Waals surface area contributed by atoms with Gasteiger partial charge < -0.3 is 14.6 Å². The molecule has 2 unspecified atom stereocenters. The van der Waals surface area contributed by atoms with Crippen LogP contribution in [0.15, 0.2) is 30.3 Å². The Kier molecular flexibility index (Phi) is 7.40. The van der Waals surface area contributed by atoms with E-state index in [1.165, 1.54) is 12.1 Å². The molecule has 2 atom stereocenters. The Hall–Kier alpha value is -2.38. The Morgan fingerprint density at radius 1 is 0.917 bits per heavy atom. The molecule has 7 heteroatoms. The fourth-order valence-electron chi connectivity index (χ4n) is 6.00. The zero-order valence-corrected chi connectivity index (χ0v) is 20.5. The second-order valence-corrected chi connectivity index (χ2v) is 10.7. The second kappa shape index (κ2) is 10.5. The molecule has 3 aliphatic rings. The minimum absolute atomic E-state index is 0.0275. The highest BCUT2D eigenvalue weighted by Gasteiger charge is 2.33. The van der Waals surface area contributed by atoms with Gasteiger partial charge in [0.2, 0.25) is 0 Å². The summed E-state index contributed by atoms with van der Waals surface area (Å²) in [5.74, 6) is -3.09. The molecular weight excluding hydrogens is 469 g/mol. The van der Waals surface area contributed by atoms with Gasteiger partial charge in [-0.15, -0.1) is 0 Å². The number of aliphatic hydroxyl groups excluding tert-OH is 1. The maximum atomic E-state index is 15.1. The number of epoxide rings is 1. The van der Waals surface area contributed by atoms with Crippen molar-refractivity contribution < 1.29 is 32.5 Å². The number of esters is 1. The lowest BCUT2D eigenvalue weighted by atomic mass is 9.75. The summed E-state index contributed by atoms with van der Waals surface area (Å²) >= 11 is 0. The average Bonchev–Trinajstić information content (AvgIpc) is 3.73. The lowest BCUT2D eigenvalue weighted by molar-refractivity contribution is -0.140. The van der Waals surface area contributed by atoms with Gasteiger partial charge in [-0.3, -0.25) is 4.79 Å². The molecule has 1 heterocycles. The summed E-state index contributed by atoms with van der Waals surface area (Å²) in [6.07, 6.45) is 4.70. The lowest BCUT2D eigenvalue weighted by Crippen LogP contribution is -2.26. The normalized spacial score (nSPS) is 29.0. The van der Waals surface area contributed by atoms with Crippen LogP contribution in [0.25, 0.3) is 0 Å². The molecule has 0 radical (unpaired) electrons. The molecule has 1 saturated heterocycles. The van der Waals surface area contributed by atoms with Crippen molar-refractivity contribution in [1.29, 1.82) is 0 Å². The van der Waals surface area contributed by atoms with Crippen LogP contribution in [0.1, 0.15) is 92.9 Å². The average molecular weight is 503 g/mol. The van der Waals surface area contributed by atoms with Crippen LogP contribution in [-0.2, 0) is 9.53 Å². The van der Waals surface area contributed by atoms with Gasteiger partial charge in [0.1, 0.15) is 6.10 Å². The summed E-state index contributed by atoms with van der Waals surface area (Å²) in [7, 11) is 0. The first kappa shape index (κ1) is 25.3. The largest absolute Gasteiger partial charge is 0.423 e. The monoisotopic (exact) mass is 502 g/mol. The Morgan fingerprint density at radius 3 is 1.97 bits per heavy atom. The van der Waals surface area contributed by atoms with Crippen LogP contribution in [0.4, 0.5) is 13.2 Å². The van der Waals surface area contributed by atoms with Crippen molar-refractivity contribution >= 4 is 5.97 Å². The molecule has 2 aliphatic carbocycles. The van der Waals surface area contributed by atoms with E-state index in [2.05, 4.69) is 0 Å². The Bertz CT molecular complexity index is 1100. The first-order valence-electron chi connectivity index (χ1n) is 13.1. The predicted octanol–water partition coefficient (Wildman–Crippen LogP) is 6.71. The Labute approximate surface area is 209 Å². The molecule has 4 nitrogen and oxygen atoms in total. The van der Waals surface area contributed by atoms with Crippen LogP contribution in [-0.4, -0.2) is 23.8 Å². The summed E-state index contributed by atoms with van der Waals surface area (Å²) in [4.78, 5) is 12.6. The van der Waals surface area contributed by atoms with Gasteiger partial charge in [0, 0.05) is 0 Å². The third-order valence-corrected chi connectivity index (χ3v) is 8.41. The molecule has 36 heavy (non-hydrogen) atoms. The van der Waals surface area contributed by atoms with Crippen molar-refractivity contribution in [2.75, 3.05) is 6.61 Å². The SMILES string of the molecule is CC(O)C1CCC(c2ccc(C3CCC(C(=O)Oc4ccc(C5CO5)cc4F)CC3)c(F)c2F)CC1. The third-order valence-electron chi connectivity index (χ3n) is 8.41. The highest BCUT2D eigenvalue weighted by Crippen LogP contribution is 2.42. The van der Waals surface area contributed by atoms with Gasteiger partial charge in [-0.1, -0.05) is 18.2 Å². The quantitative estimate of drug-likeness (QED) is 0.271. The fraction of sp³-hybridized carbons (Fsp3) is 0.552. The van der Waals surface area contributed by atoms with Gasteiger partial charge in [-0.2, -0.15) is 0 Å². The molecule has 0 aromatic heterocycles. The van der Waals surface area contributed by atoms with E-state index >= 15 is 8.78 Å². The summed E-state index contributed by atoms with van der Waals surface area (Å²) < 4.78 is 55.0. The molecule has 3 fully saturated rings. The number of carbonyl (C=O) groups excluding carboxylic acids is 1. The van der Waals surface area contributed by atoms with E-state index in [-0.39, 0.29) is 35.7 Å². The van der Waals surface area contributed by atoms with Crippen LogP contribution < -0.4 is 4.74 Å². The van der Waals surface area contributed by atoms with Gasteiger partial charge in [-0.05, 0) is 105 Å². The van der Waals surface area contributed by atoms with Crippen molar-refractivity contribution in [1.82, 2.24) is 0 Å². The van der Waals surface area contributed by atoms with Crippen LogP contribution in [0.5, 0.6) is 5.75 Å². The smallest absolute Gasteiger partial charge is 0.314 e. The minimum Gasteiger partial charge on any atom is -0.423 e. The van der Waals surface area contributed by atoms with Gasteiger partial charge in [0.15, 0.2) is 23.2 Å². The Balaban J connectivity index is 1.18. The van der Waals surface area contributed by atoms with Crippen LogP contribution >= 0.6 is 0 Å². The molecule has 194 valence electrons. The topological polar surface area (TPSA) is 59.1 Å². The summed E-state index contributed by atoms with van der Waals surface area (Å²) in [5, 5.41) is 9.80. The van der Waals surface area contributed by atoms with E-state index < -0.39 is 29.3 Å². The second-order valence-electron chi connectivity index (χ2n) is 10.7. The van der Waals surface area contributed by atoms with Crippen molar-refractivity contribution in [2.24, 2.45) is 11.8 Å². The third kappa shape index (κ3) is 5.32. The van der Waals surface area contributed by atoms with E-state index in [1.54, 1.807) is 25.1 Å². The van der Waals surface area contributed by atoms with E-state index in [1.807, 2.05) is 0 Å². The molecule has 2 saturated carbocycles. The number of hydrogen-bond donors (Lipinski definition) is 1. The van der Waals surface area contributed by atoms with E-state index in [4.69, 9.17) is 9.47 Å². The fourth-order valence-corrected chi connectivity index (χ4v) is 6.00. The zero-order valence-electron chi connectivity index (χ0n) is 20.5. The number of aliphatic hydroxyl groups is 1. The molecule has 0 bridgehead atoms. The zero-order chi connectivity index (χ0) is 25.4. The lowest BCUT2D eigenvalue weighted by Gasteiger charge is -2.31. The highest BCUT2D eigenvalue weighted by molar-refractivity contribution is 5.75. The minimum atomic E-state index is -0.780. The van der Waals surface area contributed by atoms with Gasteiger partial charge in [0.25, 0.3) is 0 Å². The molecule has 0 amide bonds. The number of ether oxygens (including phenoxy) is 2. The van der Waals surface area contributed by atoms with Crippen molar-refractivity contribution in [2.45, 2.75) is 82.3 Å². The van der Waals surface area contributed by atoms with Gasteiger partial charge >= 0.3 is 5.97 Å². The van der Waals surface area contributed by atoms with Crippen LogP contribution in [0, 0.1) is 29.3 Å². The molecule has 5 rings (SSSR count). The molecule has 2 aromatic carbocycles. The molecule has 0 spiro atoms. The van der Waals surface area contributed by atoms with E-state index in [9.17, 15) is 14.3 Å². The predicted molar refractivity (Wildman–Crippen MR) is 128 cm³/mol. The molecule has 1 aliphatic heterocycles. The summed E-state index contributed by atoms with van der Waals surface area (Å²) in [5.41, 5.74) is 1.52. The van der Waals surface area contributed by atoms with Gasteiger partial charge in [-0.25, -0.2) is 13.2 Å². The molecule has 2 aromatic rings. The number of rotatable bonds is 6. The van der Waals surface area contributed by atoms with Crippen molar-refractivity contribution in [3.8, 4) is 5.75 Å². The van der Waals surface area contributed by atoms with Crippen molar-refractivity contribution in [3.05, 3.63) is 64.5 Å².